The summed E-state index contributed by atoms with van der Waals surface area (Å²) in [5, 5.41) is 9.99. The van der Waals surface area contributed by atoms with Crippen molar-refractivity contribution in [3.05, 3.63) is 361 Å². The number of aliphatic hydroxyl groups excluding tert-OH is 1. The molecule has 10 aromatic rings. The molecular formula is C69H64Cl4O6Ti2. The summed E-state index contributed by atoms with van der Waals surface area (Å²) in [4.78, 5) is 40.0. The van der Waals surface area contributed by atoms with E-state index in [1.165, 1.54) is 12.8 Å². The summed E-state index contributed by atoms with van der Waals surface area (Å²) in [6.45, 7) is 2.00. The van der Waals surface area contributed by atoms with Crippen molar-refractivity contribution in [2.24, 2.45) is 0 Å². The molecule has 1 saturated heterocycles. The Balaban J connectivity index is 0.000000881. The fourth-order valence-corrected chi connectivity index (χ4v) is 5.47. The van der Waals surface area contributed by atoms with Crippen LogP contribution in [0.5, 0.6) is 0 Å². The smallest absolute Gasteiger partial charge is 0.184 e. The normalized spacial score (nSPS) is 9.75. The zero-order valence-electron chi connectivity index (χ0n) is 44.6. The van der Waals surface area contributed by atoms with Gasteiger partial charge in [0.2, 0.25) is 0 Å². The maximum absolute atomic E-state index is 10.0. The van der Waals surface area contributed by atoms with Crippen molar-refractivity contribution in [1.82, 2.24) is 0 Å². The van der Waals surface area contributed by atoms with Crippen molar-refractivity contribution in [1.29, 1.82) is 0 Å². The molecule has 81 heavy (non-hydrogen) atoms. The van der Waals surface area contributed by atoms with E-state index in [-0.39, 0.29) is 21.7 Å². The molecule has 0 aliphatic carbocycles. The van der Waals surface area contributed by atoms with Gasteiger partial charge < -0.3 is 9.84 Å². The van der Waals surface area contributed by atoms with Crippen LogP contribution in [-0.4, -0.2) is 43.5 Å². The maximum Gasteiger partial charge on any atom is 4.00 e. The van der Waals surface area contributed by atoms with Gasteiger partial charge in [-0.05, 0) is 24.0 Å². The van der Waals surface area contributed by atoms with Gasteiger partial charge in [-0.1, -0.05) is 182 Å². The largest absolute Gasteiger partial charge is 4.00 e. The number of benzene rings is 10. The van der Waals surface area contributed by atoms with Crippen LogP contribution in [0, 0.1) is 24.3 Å². The first-order valence-corrected chi connectivity index (χ1v) is 33.5. The van der Waals surface area contributed by atoms with Crippen LogP contribution in [0.25, 0.3) is 0 Å². The fourth-order valence-electron chi connectivity index (χ4n) is 5.47. The van der Waals surface area contributed by atoms with E-state index in [1.54, 1.807) is 48.5 Å². The number of aldehydes is 4. The second-order valence-corrected chi connectivity index (χ2v) is 30.9. The molecule has 1 N–H and O–H groups in total. The molecule has 0 amide bonds. The molecule has 1 aliphatic rings. The van der Waals surface area contributed by atoms with Crippen LogP contribution < -0.4 is 0 Å². The fraction of sp³-hybridized carbons (Fsp3) is 0.0725. The van der Waals surface area contributed by atoms with Gasteiger partial charge in [-0.25, -0.2) is 0 Å². The molecule has 0 unspecified atom stereocenters. The Morgan fingerprint density at radius 1 is 0.333 bits per heavy atom. The van der Waals surface area contributed by atoms with E-state index >= 15 is 0 Å². The number of carbonyl (C=O) groups is 4. The van der Waals surface area contributed by atoms with Crippen LogP contribution in [0.1, 0.15) is 71.5 Å². The SMILES string of the molecule is C1CCOC1.O=Cc1ccccc1.O=Cc1ccccc1.O=Cc1ccccc1.O=Cc1ccccc1.OC(c1ccccc1)c1ccccc1.[Cl][Ti]([Cl])([Cl])[Cl].[Ti+4].[c-]1ccccc1.[c-]1ccccc1.[c-]1ccccc1.[c-]1ccccc1. The van der Waals surface area contributed by atoms with E-state index in [1.807, 2.05) is 255 Å². The third-order valence-corrected chi connectivity index (χ3v) is 9.23. The van der Waals surface area contributed by atoms with Crippen molar-refractivity contribution in [3.8, 4) is 0 Å². The van der Waals surface area contributed by atoms with Gasteiger partial charge in [-0.3, -0.25) is 19.2 Å². The van der Waals surface area contributed by atoms with Crippen LogP contribution in [0.2, 0.25) is 0 Å². The van der Waals surface area contributed by atoms with Gasteiger partial charge in [0.1, 0.15) is 31.2 Å². The Kier molecular flexibility index (Phi) is 50.8. The van der Waals surface area contributed by atoms with Crippen molar-refractivity contribution in [3.63, 3.8) is 0 Å². The van der Waals surface area contributed by atoms with Crippen LogP contribution in [0.15, 0.2) is 303 Å². The summed E-state index contributed by atoms with van der Waals surface area (Å²) in [6.07, 6.45) is 5.37. The first-order valence-electron chi connectivity index (χ1n) is 24.9. The Bertz CT molecular complexity index is 2390. The topological polar surface area (TPSA) is 97.7 Å². The molecule has 1 fully saturated rings. The van der Waals surface area contributed by atoms with Gasteiger partial charge in [0.15, 0.2) is 0 Å². The first-order chi connectivity index (χ1) is 39.1. The van der Waals surface area contributed by atoms with Gasteiger partial charge in [0.25, 0.3) is 0 Å². The number of aliphatic hydroxyl groups is 1. The van der Waals surface area contributed by atoms with E-state index in [9.17, 15) is 24.3 Å². The minimum Gasteiger partial charge on any atom is -0.184 e. The molecule has 0 saturated carbocycles. The van der Waals surface area contributed by atoms with Crippen LogP contribution >= 0.6 is 37.2 Å². The quantitative estimate of drug-likeness (QED) is 0.101. The standard InChI is InChI=1S/C13H12O.4C7H6O.4C6H5.C4H8O.4ClH.2Ti/c14-13(11-7-3-1-4-8-11)12-9-5-2-6-10-12;4*8-6-7-4-2-1-3-5-7;4*1-2-4-6-5-3-1;1-2-4-5-3-1;;;;;;/h1-10,13-14H;4*1-6H;4*1-5H;1-4H2;4*1H;;/q;;;;;4*-1;;;;;;2*+4/p-4. The molecule has 412 valence electrons. The number of ether oxygens (including phenoxy) is 1. The molecule has 11 rings (SSSR count). The zero-order chi connectivity index (χ0) is 58.1. The second-order valence-electron chi connectivity index (χ2n) is 15.4. The Labute approximate surface area is 514 Å². The summed E-state index contributed by atoms with van der Waals surface area (Å²) >= 11 is -3.11. The molecule has 1 heterocycles. The van der Waals surface area contributed by atoms with Crippen molar-refractivity contribution >= 4 is 62.4 Å². The summed E-state index contributed by atoms with van der Waals surface area (Å²) < 4.78 is 4.94. The van der Waals surface area contributed by atoms with Crippen molar-refractivity contribution < 1.29 is 63.1 Å². The summed E-state index contributed by atoms with van der Waals surface area (Å²) in [5.74, 6) is 0. The molecule has 6 nitrogen and oxygen atoms in total. The second kappa shape index (κ2) is 55.3. The molecule has 0 bridgehead atoms. The molecule has 10 aromatic carbocycles. The monoisotopic (exact) mass is 1220 g/mol. The van der Waals surface area contributed by atoms with Gasteiger partial charge in [-0.2, -0.15) is 146 Å². The maximum atomic E-state index is 10.0. The first kappa shape index (κ1) is 74.4. The molecule has 0 atom stereocenters. The van der Waals surface area contributed by atoms with E-state index in [4.69, 9.17) is 42.0 Å². The average Bonchev–Trinajstić information content (AvgIpc) is 4.16. The van der Waals surface area contributed by atoms with Crippen molar-refractivity contribution in [2.45, 2.75) is 18.9 Å². The van der Waals surface area contributed by atoms with E-state index in [0.29, 0.717) is 0 Å². The Hall–Kier alpha value is -6.61. The predicted molar refractivity (Wildman–Crippen MR) is 329 cm³/mol. The predicted octanol–water partition coefficient (Wildman–Crippen LogP) is 18.3. The summed E-state index contributed by atoms with van der Waals surface area (Å²) in [7, 11) is 20.1. The van der Waals surface area contributed by atoms with E-state index in [0.717, 1.165) is 71.7 Å². The number of rotatable bonds is 6. The third kappa shape index (κ3) is 50.1. The number of halogens is 4. The van der Waals surface area contributed by atoms with Crippen LogP contribution in [0.3, 0.4) is 0 Å². The minimum atomic E-state index is -3.11. The molecule has 0 spiro atoms. The summed E-state index contributed by atoms with van der Waals surface area (Å²) in [6, 6.07) is 106. The number of carbonyl (C=O) groups excluding carboxylic acids is 4. The van der Waals surface area contributed by atoms with Gasteiger partial charge in [-0.15, -0.1) is 0 Å². The van der Waals surface area contributed by atoms with Crippen molar-refractivity contribution in [2.75, 3.05) is 13.2 Å². The summed E-state index contributed by atoms with van der Waals surface area (Å²) in [5.41, 5.74) is 4.78. The average molecular weight is 1230 g/mol. The van der Waals surface area contributed by atoms with Gasteiger partial charge >= 0.3 is 71.3 Å². The van der Waals surface area contributed by atoms with Crippen LogP contribution in [0.4, 0.5) is 0 Å². The van der Waals surface area contributed by atoms with E-state index in [2.05, 4.69) is 24.3 Å². The van der Waals surface area contributed by atoms with E-state index < -0.39 is 18.4 Å². The number of hydrogen-bond acceptors (Lipinski definition) is 6. The number of hydrogen-bond donors (Lipinski definition) is 1. The van der Waals surface area contributed by atoms with Gasteiger partial charge in [0, 0.05) is 35.5 Å². The molecular weight excluding hydrogens is 1160 g/mol. The molecule has 0 radical (unpaired) electrons. The Morgan fingerprint density at radius 3 is 0.617 bits per heavy atom. The minimum absolute atomic E-state index is 0. The third-order valence-electron chi connectivity index (χ3n) is 9.23. The molecule has 0 aromatic heterocycles. The zero-order valence-corrected chi connectivity index (χ0v) is 50.7. The van der Waals surface area contributed by atoms with Crippen LogP contribution in [-0.2, 0) is 38.8 Å². The molecule has 12 heteroatoms. The Morgan fingerprint density at radius 2 is 0.506 bits per heavy atom. The molecule has 1 aliphatic heterocycles. The van der Waals surface area contributed by atoms with Gasteiger partial charge in [0.05, 0.1) is 0 Å².